The molecule has 3 N–H and O–H groups in total. The van der Waals surface area contributed by atoms with Crippen molar-refractivity contribution in [1.29, 1.82) is 5.41 Å². The van der Waals surface area contributed by atoms with Gasteiger partial charge in [0.15, 0.2) is 0 Å². The Morgan fingerprint density at radius 3 is 1.82 bits per heavy atom. The van der Waals surface area contributed by atoms with Gasteiger partial charge in [0.05, 0.1) is 0 Å². The number of halogens is 2. The van der Waals surface area contributed by atoms with Crippen LogP contribution in [-0.2, 0) is 0 Å². The van der Waals surface area contributed by atoms with Crippen LogP contribution in [0.25, 0.3) is 22.9 Å². The average molecular weight is 335 g/mol. The summed E-state index contributed by atoms with van der Waals surface area (Å²) in [7, 11) is 0. The lowest BCUT2D eigenvalue weighted by Crippen LogP contribution is -2.10. The molecule has 7 heteroatoms. The van der Waals surface area contributed by atoms with Crippen molar-refractivity contribution in [1.82, 2.24) is 10.2 Å². The lowest BCUT2D eigenvalue weighted by molar-refractivity contribution is 0.584. The Bertz CT molecular complexity index is 782. The van der Waals surface area contributed by atoms with Crippen LogP contribution in [-0.4, -0.2) is 16.0 Å². The maximum Gasteiger partial charge on any atom is 0.248 e. The molecule has 1 heterocycles. The number of nitrogens with two attached hydrogens (primary N) is 1. The number of aromatic nitrogens is 2. The lowest BCUT2D eigenvalue weighted by atomic mass is 10.1. The molecule has 0 spiro atoms. The summed E-state index contributed by atoms with van der Waals surface area (Å²) in [5, 5.41) is 16.1. The Morgan fingerprint density at radius 2 is 1.36 bits per heavy atom. The minimum atomic E-state index is 0. The van der Waals surface area contributed by atoms with E-state index in [1.807, 2.05) is 12.1 Å². The van der Waals surface area contributed by atoms with Crippen LogP contribution in [0, 0.1) is 5.41 Å². The number of nitrogens with zero attached hydrogens (tertiary/aromatic N) is 2. The predicted octanol–water partition coefficient (Wildman–Crippen LogP) is 3.76. The van der Waals surface area contributed by atoms with E-state index in [2.05, 4.69) is 10.2 Å². The van der Waals surface area contributed by atoms with Crippen molar-refractivity contribution < 1.29 is 4.42 Å². The monoisotopic (exact) mass is 334 g/mol. The van der Waals surface area contributed by atoms with Crippen molar-refractivity contribution in [2.24, 2.45) is 5.73 Å². The summed E-state index contributed by atoms with van der Waals surface area (Å²) in [4.78, 5) is 0. The fourth-order valence-corrected chi connectivity index (χ4v) is 1.97. The first kappa shape index (κ1) is 16.0. The van der Waals surface area contributed by atoms with E-state index in [0.717, 1.165) is 11.1 Å². The van der Waals surface area contributed by atoms with Gasteiger partial charge in [0.25, 0.3) is 0 Å². The second-order valence-corrected chi connectivity index (χ2v) is 4.85. The summed E-state index contributed by atoms with van der Waals surface area (Å²) in [6.07, 6.45) is 0. The van der Waals surface area contributed by atoms with Gasteiger partial charge < -0.3 is 10.2 Å². The van der Waals surface area contributed by atoms with Crippen molar-refractivity contribution in [2.45, 2.75) is 0 Å². The van der Waals surface area contributed by atoms with Crippen molar-refractivity contribution in [2.75, 3.05) is 0 Å². The zero-order valence-electron chi connectivity index (χ0n) is 11.3. The average Bonchev–Trinajstić information content (AvgIpc) is 2.98. The van der Waals surface area contributed by atoms with Crippen LogP contribution in [0.4, 0.5) is 0 Å². The topological polar surface area (TPSA) is 88.8 Å². The standard InChI is InChI=1S/C15H11ClN4O.ClH/c16-12-7-5-11(6-8-12)15-20-19-14(21-15)10-3-1-9(2-4-10)13(17)18;/h1-8H,(H3,17,18);1H. The van der Waals surface area contributed by atoms with E-state index in [-0.39, 0.29) is 18.2 Å². The van der Waals surface area contributed by atoms with E-state index in [1.165, 1.54) is 0 Å². The summed E-state index contributed by atoms with van der Waals surface area (Å²) in [5.41, 5.74) is 7.64. The molecule has 22 heavy (non-hydrogen) atoms. The highest BCUT2D eigenvalue weighted by Crippen LogP contribution is 2.25. The molecule has 0 aliphatic carbocycles. The van der Waals surface area contributed by atoms with Crippen LogP contribution in [0.5, 0.6) is 0 Å². The van der Waals surface area contributed by atoms with E-state index in [4.69, 9.17) is 27.2 Å². The van der Waals surface area contributed by atoms with Crippen LogP contribution in [0.3, 0.4) is 0 Å². The highest BCUT2D eigenvalue weighted by molar-refractivity contribution is 6.30. The van der Waals surface area contributed by atoms with Crippen LogP contribution in [0.1, 0.15) is 5.56 Å². The smallest absolute Gasteiger partial charge is 0.248 e. The molecule has 0 atom stereocenters. The number of hydrogen-bond acceptors (Lipinski definition) is 4. The maximum absolute atomic E-state index is 7.36. The third kappa shape index (κ3) is 3.27. The summed E-state index contributed by atoms with van der Waals surface area (Å²) in [6, 6.07) is 14.2. The highest BCUT2D eigenvalue weighted by atomic mass is 35.5. The highest BCUT2D eigenvalue weighted by Gasteiger charge is 2.10. The molecule has 1 aromatic heterocycles. The second kappa shape index (κ2) is 6.60. The molecular weight excluding hydrogens is 323 g/mol. The van der Waals surface area contributed by atoms with Gasteiger partial charge in [-0.25, -0.2) is 0 Å². The molecule has 0 fully saturated rings. The van der Waals surface area contributed by atoms with Crippen molar-refractivity contribution in [3.05, 3.63) is 59.1 Å². The fraction of sp³-hybridized carbons (Fsp3) is 0. The molecule has 0 radical (unpaired) electrons. The van der Waals surface area contributed by atoms with Gasteiger partial charge in [0, 0.05) is 21.7 Å². The summed E-state index contributed by atoms with van der Waals surface area (Å²) in [6.45, 7) is 0. The van der Waals surface area contributed by atoms with Crippen LogP contribution >= 0.6 is 24.0 Å². The Kier molecular flexibility index (Phi) is 4.80. The summed E-state index contributed by atoms with van der Waals surface area (Å²) in [5.74, 6) is 0.862. The zero-order chi connectivity index (χ0) is 14.8. The normalized spacial score (nSPS) is 10.0. The number of benzene rings is 2. The van der Waals surface area contributed by atoms with Gasteiger partial charge in [-0.2, -0.15) is 0 Å². The second-order valence-electron chi connectivity index (χ2n) is 4.41. The van der Waals surface area contributed by atoms with E-state index >= 15 is 0 Å². The maximum atomic E-state index is 7.36. The molecule has 0 aliphatic heterocycles. The molecule has 3 aromatic rings. The van der Waals surface area contributed by atoms with Gasteiger partial charge in [-0.15, -0.1) is 22.6 Å². The largest absolute Gasteiger partial charge is 0.416 e. The molecule has 0 saturated heterocycles. The van der Waals surface area contributed by atoms with Crippen molar-refractivity contribution in [3.63, 3.8) is 0 Å². The van der Waals surface area contributed by atoms with E-state index < -0.39 is 0 Å². The van der Waals surface area contributed by atoms with Gasteiger partial charge in [0.2, 0.25) is 11.8 Å². The number of amidine groups is 1. The minimum Gasteiger partial charge on any atom is -0.416 e. The summed E-state index contributed by atoms with van der Waals surface area (Å²) < 4.78 is 5.65. The fourth-order valence-electron chi connectivity index (χ4n) is 1.84. The molecule has 0 unspecified atom stereocenters. The van der Waals surface area contributed by atoms with Crippen molar-refractivity contribution in [3.8, 4) is 22.9 Å². The third-order valence-electron chi connectivity index (χ3n) is 2.96. The zero-order valence-corrected chi connectivity index (χ0v) is 12.9. The molecule has 2 aromatic carbocycles. The van der Waals surface area contributed by atoms with Gasteiger partial charge in [-0.3, -0.25) is 5.41 Å². The van der Waals surface area contributed by atoms with Gasteiger partial charge >= 0.3 is 0 Å². The first-order chi connectivity index (χ1) is 10.1. The molecule has 0 bridgehead atoms. The molecule has 5 nitrogen and oxygen atoms in total. The Hall–Kier alpha value is -2.37. The van der Waals surface area contributed by atoms with Crippen LogP contribution < -0.4 is 5.73 Å². The molecule has 112 valence electrons. The third-order valence-corrected chi connectivity index (χ3v) is 3.21. The summed E-state index contributed by atoms with van der Waals surface area (Å²) >= 11 is 5.85. The number of nitrogens with one attached hydrogen (secondary N) is 1. The van der Waals surface area contributed by atoms with E-state index in [0.29, 0.717) is 22.4 Å². The van der Waals surface area contributed by atoms with Crippen molar-refractivity contribution >= 4 is 29.8 Å². The molecule has 0 amide bonds. The molecule has 3 rings (SSSR count). The van der Waals surface area contributed by atoms with Crippen LogP contribution in [0.2, 0.25) is 5.02 Å². The number of hydrogen-bond donors (Lipinski definition) is 2. The Balaban J connectivity index is 0.00000176. The van der Waals surface area contributed by atoms with Gasteiger partial charge in [-0.1, -0.05) is 23.7 Å². The Labute approximate surface area is 138 Å². The SMILES string of the molecule is Cl.N=C(N)c1ccc(-c2nnc(-c3ccc(Cl)cc3)o2)cc1. The molecular formula is C15H12Cl2N4O. The van der Waals surface area contributed by atoms with Crippen LogP contribution in [0.15, 0.2) is 52.9 Å². The number of rotatable bonds is 3. The molecule has 0 aliphatic rings. The lowest BCUT2D eigenvalue weighted by Gasteiger charge is -1.99. The molecule has 0 saturated carbocycles. The van der Waals surface area contributed by atoms with Gasteiger partial charge in [0.1, 0.15) is 5.84 Å². The van der Waals surface area contributed by atoms with E-state index in [1.54, 1.807) is 36.4 Å². The first-order valence-corrected chi connectivity index (χ1v) is 6.55. The predicted molar refractivity (Wildman–Crippen MR) is 88.4 cm³/mol. The van der Waals surface area contributed by atoms with Gasteiger partial charge in [-0.05, 0) is 36.4 Å². The minimum absolute atomic E-state index is 0. The number of nitrogen functional groups attached to an aromatic ring is 1. The Morgan fingerprint density at radius 1 is 0.909 bits per heavy atom. The quantitative estimate of drug-likeness (QED) is 0.563. The van der Waals surface area contributed by atoms with E-state index in [9.17, 15) is 0 Å². The first-order valence-electron chi connectivity index (χ1n) is 6.18.